The number of nitrogens with zero attached hydrogens (tertiary/aromatic N) is 3. The van der Waals surface area contributed by atoms with Crippen LogP contribution in [0.25, 0.3) is 0 Å². The van der Waals surface area contributed by atoms with E-state index in [4.69, 9.17) is 27.9 Å². The summed E-state index contributed by atoms with van der Waals surface area (Å²) < 4.78 is 73.6. The summed E-state index contributed by atoms with van der Waals surface area (Å²) in [4.78, 5) is 44.6. The van der Waals surface area contributed by atoms with Crippen LogP contribution < -0.4 is 5.32 Å². The Labute approximate surface area is 269 Å². The Morgan fingerprint density at radius 1 is 1.18 bits per heavy atom. The van der Waals surface area contributed by atoms with Crippen molar-refractivity contribution >= 4 is 56.8 Å². The number of likely N-dealkylation sites (tertiary alicyclic amines) is 1. The van der Waals surface area contributed by atoms with Crippen molar-refractivity contribution in [3.05, 3.63) is 51.6 Å². The monoisotopic (exact) mass is 692 g/mol. The summed E-state index contributed by atoms with van der Waals surface area (Å²) in [6, 6.07) is 2.76. The van der Waals surface area contributed by atoms with Gasteiger partial charge in [0.15, 0.2) is 9.84 Å². The summed E-state index contributed by atoms with van der Waals surface area (Å²) in [6.07, 6.45) is -4.23. The molecule has 3 aliphatic rings. The molecule has 2 aliphatic heterocycles. The van der Waals surface area contributed by atoms with Crippen LogP contribution in [0.5, 0.6) is 0 Å². The molecule has 0 spiro atoms. The van der Waals surface area contributed by atoms with E-state index in [1.165, 1.54) is 25.1 Å². The number of urea groups is 1. The number of amides is 4. The van der Waals surface area contributed by atoms with Gasteiger partial charge >= 0.3 is 18.3 Å². The Bertz CT molecular complexity index is 1600. The van der Waals surface area contributed by atoms with E-state index in [0.29, 0.717) is 30.5 Å². The molecule has 1 saturated heterocycles. The minimum atomic E-state index is -4.89. The Morgan fingerprint density at radius 2 is 1.87 bits per heavy atom. The molecule has 45 heavy (non-hydrogen) atoms. The molecule has 1 aromatic carbocycles. The smallest absolute Gasteiger partial charge is 0.416 e. The number of hydrogen-bond donors (Lipinski definition) is 1. The number of aliphatic imine (C=N–C) groups is 1. The second-order valence-corrected chi connectivity index (χ2v) is 15.1. The Morgan fingerprint density at radius 3 is 2.49 bits per heavy atom. The molecule has 2 atom stereocenters. The molecule has 246 valence electrons. The number of alkyl halides is 4. The first kappa shape index (κ1) is 34.9. The first-order valence-electron chi connectivity index (χ1n) is 14.1. The van der Waals surface area contributed by atoms with Gasteiger partial charge in [0.25, 0.3) is 5.91 Å². The van der Waals surface area contributed by atoms with Gasteiger partial charge in [-0.15, -0.1) is 11.6 Å². The maximum atomic E-state index is 14.4. The van der Waals surface area contributed by atoms with E-state index in [0.717, 1.165) is 0 Å². The van der Waals surface area contributed by atoms with Crippen LogP contribution in [0.4, 0.5) is 22.8 Å². The molecule has 2 heterocycles. The van der Waals surface area contributed by atoms with E-state index >= 15 is 0 Å². The van der Waals surface area contributed by atoms with Gasteiger partial charge in [-0.25, -0.2) is 18.0 Å². The average Bonchev–Trinajstić information content (AvgIpc) is 3.37. The molecule has 1 aliphatic carbocycles. The van der Waals surface area contributed by atoms with Crippen LogP contribution in [0, 0.1) is 5.92 Å². The Kier molecular flexibility index (Phi) is 10.1. The van der Waals surface area contributed by atoms with Crippen molar-refractivity contribution in [2.24, 2.45) is 10.9 Å². The molecule has 0 aromatic heterocycles. The van der Waals surface area contributed by atoms with Crippen LogP contribution in [0.15, 0.2) is 50.9 Å². The third-order valence-electron chi connectivity index (χ3n) is 7.45. The minimum Gasteiger partial charge on any atom is -0.444 e. The van der Waals surface area contributed by atoms with E-state index < -0.39 is 62.7 Å². The van der Waals surface area contributed by atoms with Crippen molar-refractivity contribution in [1.82, 2.24) is 15.1 Å². The highest BCUT2D eigenvalue weighted by Crippen LogP contribution is 2.40. The number of alkyl carbamates (subject to hydrolysis) is 1. The van der Waals surface area contributed by atoms with Crippen molar-refractivity contribution < 1.29 is 40.7 Å². The summed E-state index contributed by atoms with van der Waals surface area (Å²) in [6.45, 7) is 6.87. The number of hydrogen-bond acceptors (Lipinski definition) is 7. The van der Waals surface area contributed by atoms with Gasteiger partial charge in [-0.1, -0.05) is 18.5 Å². The maximum Gasteiger partial charge on any atom is 0.416 e. The second kappa shape index (κ2) is 13.0. The number of nitrogens with one attached hydrogen (secondary N) is 1. The summed E-state index contributed by atoms with van der Waals surface area (Å²) in [5, 5.41) is 1.28. The molecule has 1 fully saturated rings. The predicted molar refractivity (Wildman–Crippen MR) is 162 cm³/mol. The number of carbonyl (C=O) groups excluding carboxylic acids is 3. The topological polar surface area (TPSA) is 125 Å². The van der Waals surface area contributed by atoms with Crippen LogP contribution in [-0.4, -0.2) is 91.0 Å². The molecule has 4 amide bonds. The van der Waals surface area contributed by atoms with Crippen molar-refractivity contribution in [1.29, 1.82) is 0 Å². The molecule has 10 nitrogen and oxygen atoms in total. The zero-order chi connectivity index (χ0) is 33.5. The van der Waals surface area contributed by atoms with E-state index in [9.17, 15) is 36.0 Å². The predicted octanol–water partition coefficient (Wildman–Crippen LogP) is 5.29. The van der Waals surface area contributed by atoms with Gasteiger partial charge in [0, 0.05) is 24.7 Å². The lowest BCUT2D eigenvalue weighted by atomic mass is 9.87. The van der Waals surface area contributed by atoms with Crippen LogP contribution >= 0.6 is 23.2 Å². The molecule has 1 aromatic rings. The first-order chi connectivity index (χ1) is 20.8. The van der Waals surface area contributed by atoms with E-state index in [1.54, 1.807) is 25.7 Å². The van der Waals surface area contributed by atoms with Crippen LogP contribution in [-0.2, 0) is 25.9 Å². The normalized spacial score (nSPS) is 21.5. The Hall–Kier alpha value is -2.94. The van der Waals surface area contributed by atoms with Crippen molar-refractivity contribution in [3.8, 4) is 0 Å². The fourth-order valence-electron chi connectivity index (χ4n) is 5.31. The average molecular weight is 694 g/mol. The first-order valence-corrected chi connectivity index (χ1v) is 16.6. The maximum absolute atomic E-state index is 14.4. The van der Waals surface area contributed by atoms with Gasteiger partial charge in [-0.2, -0.15) is 18.2 Å². The third-order valence-corrected chi connectivity index (χ3v) is 9.98. The highest BCUT2D eigenvalue weighted by molar-refractivity contribution is 7.91. The molecule has 0 radical (unpaired) electrons. The lowest BCUT2D eigenvalue weighted by Crippen LogP contribution is -2.47. The van der Waals surface area contributed by atoms with Crippen molar-refractivity contribution in [2.45, 2.75) is 62.7 Å². The second-order valence-electron chi connectivity index (χ2n) is 12.0. The molecule has 0 saturated carbocycles. The zero-order valence-electron chi connectivity index (χ0n) is 25.0. The molecular formula is C29H33Cl2F3N4O6S. The fourth-order valence-corrected chi connectivity index (χ4v) is 6.97. The highest BCUT2D eigenvalue weighted by Gasteiger charge is 2.46. The van der Waals surface area contributed by atoms with Crippen LogP contribution in [0.3, 0.4) is 0 Å². The Balaban J connectivity index is 1.58. The number of allylic oxidation sites excluding steroid dienone is 2. The quantitative estimate of drug-likeness (QED) is 0.367. The summed E-state index contributed by atoms with van der Waals surface area (Å²) >= 11 is 12.6. The molecule has 16 heteroatoms. The lowest BCUT2D eigenvalue weighted by Gasteiger charge is -2.33. The molecule has 1 N–H and O–H groups in total. The van der Waals surface area contributed by atoms with Crippen molar-refractivity contribution in [2.75, 3.05) is 31.9 Å². The summed E-state index contributed by atoms with van der Waals surface area (Å²) in [7, 11) is -3.80. The van der Waals surface area contributed by atoms with Crippen LogP contribution in [0.2, 0.25) is 5.02 Å². The van der Waals surface area contributed by atoms with Crippen molar-refractivity contribution in [3.63, 3.8) is 0 Å². The number of ether oxygens (including phenoxy) is 1. The number of halogens is 5. The number of carbonyl (C=O) groups is 3. The largest absolute Gasteiger partial charge is 0.444 e. The van der Waals surface area contributed by atoms with Gasteiger partial charge in [-0.05, 0) is 75.1 Å². The highest BCUT2D eigenvalue weighted by atomic mass is 35.5. The van der Waals surface area contributed by atoms with E-state index in [1.807, 2.05) is 0 Å². The van der Waals surface area contributed by atoms with Gasteiger partial charge in [-0.3, -0.25) is 14.6 Å². The van der Waals surface area contributed by atoms with Gasteiger partial charge in [0.1, 0.15) is 5.60 Å². The molecule has 1 unspecified atom stereocenters. The minimum absolute atomic E-state index is 0.0144. The van der Waals surface area contributed by atoms with Gasteiger partial charge < -0.3 is 10.1 Å². The van der Waals surface area contributed by atoms with Gasteiger partial charge in [0.05, 0.1) is 39.4 Å². The molecule has 4 rings (SSSR count). The standard InChI is InChI=1S/C29H33Cl2F3N4O6S/c1-5-45(42,43)22-7-6-18(30)10-17(22)14-38-25(39)19-11-21(29(32,33)34)20(23(31)24(19)36-26(38)40)15-37-9-8-16(13-37)12-35-27(41)44-28(2,3)4/h6-7,10-11,16,23H,5,8-9,12-15H2,1-4H3,(H,35,41)/t16-,23?/m1/s1. The number of sulfone groups is 1. The summed E-state index contributed by atoms with van der Waals surface area (Å²) in [5.41, 5.74) is -2.85. The molecular weight excluding hydrogens is 660 g/mol. The SMILES string of the molecule is CCS(=O)(=O)c1ccc(Cl)cc1CN1C(=O)N=C2C(=CC(C(F)(F)F)=C(CN3CC[C@H](CNC(=O)OC(C)(C)C)C3)C2Cl)C1=O. The number of imide groups is 1. The fraction of sp³-hybridized carbons (Fsp3) is 0.517. The van der Waals surface area contributed by atoms with E-state index in [-0.39, 0.29) is 51.5 Å². The van der Waals surface area contributed by atoms with Gasteiger partial charge in [0.2, 0.25) is 0 Å². The summed E-state index contributed by atoms with van der Waals surface area (Å²) in [5.74, 6) is -1.41. The van der Waals surface area contributed by atoms with E-state index in [2.05, 4.69) is 10.3 Å². The number of benzene rings is 1. The number of fused-ring (bicyclic) bond motifs is 1. The lowest BCUT2D eigenvalue weighted by molar-refractivity contribution is -0.124. The molecule has 0 bridgehead atoms. The third kappa shape index (κ3) is 8.08. The number of rotatable bonds is 8. The zero-order valence-corrected chi connectivity index (χ0v) is 27.3. The van der Waals surface area contributed by atoms with Crippen LogP contribution in [0.1, 0.15) is 39.7 Å².